The van der Waals surface area contributed by atoms with Gasteiger partial charge in [0.2, 0.25) is 0 Å². The zero-order valence-electron chi connectivity index (χ0n) is 19.0. The second-order valence-electron chi connectivity index (χ2n) is 7.70. The largest absolute Gasteiger partial charge is 0.454 e. The molecule has 0 heterocycles. The van der Waals surface area contributed by atoms with E-state index in [1.165, 1.54) is 11.8 Å². The number of amides is 2. The molecule has 0 unspecified atom stereocenters. The molecule has 0 fully saturated rings. The lowest BCUT2D eigenvalue weighted by Crippen LogP contribution is -2.44. The molecule has 0 aliphatic heterocycles. The minimum Gasteiger partial charge on any atom is -0.454 e. The van der Waals surface area contributed by atoms with Crippen molar-refractivity contribution >= 4 is 29.5 Å². The summed E-state index contributed by atoms with van der Waals surface area (Å²) in [6, 6.07) is 26.9. The Bertz CT molecular complexity index is 1060. The molecular weight excluding hydrogens is 448 g/mol. The number of nitrogens with one attached hydrogen (secondary N) is 2. The summed E-state index contributed by atoms with van der Waals surface area (Å²) >= 11 is 1.51. The van der Waals surface area contributed by atoms with E-state index in [1.807, 2.05) is 73.7 Å². The minimum atomic E-state index is -0.888. The van der Waals surface area contributed by atoms with Gasteiger partial charge in [0.05, 0.1) is 6.04 Å². The maximum atomic E-state index is 12.8. The van der Waals surface area contributed by atoms with Gasteiger partial charge in [0.25, 0.3) is 11.8 Å². The molecule has 2 N–H and O–H groups in total. The molecule has 0 bridgehead atoms. The number of hydrogen-bond acceptors (Lipinski definition) is 5. The zero-order chi connectivity index (χ0) is 24.2. The standard InChI is InChI=1S/C27H28N2O4S/c1-20(22-13-7-3-8-14-22)28-25(30)17-33-27(32)24(19-34-18-21-11-5-2-6-12-21)29-26(31)23-15-9-4-10-16-23/h2-16,20,24H,17-19H2,1H3,(H,28,30)(H,29,31)/t20-,24+/m1/s1. The Kier molecular flexibility index (Phi) is 9.73. The number of ether oxygens (including phenoxy) is 1. The maximum Gasteiger partial charge on any atom is 0.330 e. The molecule has 7 heteroatoms. The van der Waals surface area contributed by atoms with Gasteiger partial charge in [-0.3, -0.25) is 9.59 Å². The monoisotopic (exact) mass is 476 g/mol. The molecule has 2 amide bonds. The number of carbonyl (C=O) groups excluding carboxylic acids is 3. The van der Waals surface area contributed by atoms with Crippen LogP contribution in [-0.4, -0.2) is 36.2 Å². The second-order valence-corrected chi connectivity index (χ2v) is 8.73. The van der Waals surface area contributed by atoms with Crippen LogP contribution in [0.15, 0.2) is 91.0 Å². The Hall–Kier alpha value is -3.58. The van der Waals surface area contributed by atoms with E-state index in [1.54, 1.807) is 24.3 Å². The Morgan fingerprint density at radius 3 is 2.06 bits per heavy atom. The molecule has 0 radical (unpaired) electrons. The van der Waals surface area contributed by atoms with Gasteiger partial charge in [-0.1, -0.05) is 78.9 Å². The Morgan fingerprint density at radius 1 is 0.824 bits per heavy atom. The number of carbonyl (C=O) groups is 3. The third-order valence-electron chi connectivity index (χ3n) is 5.04. The number of benzene rings is 3. The molecule has 2 atom stereocenters. The van der Waals surface area contributed by atoms with E-state index in [4.69, 9.17) is 4.74 Å². The van der Waals surface area contributed by atoms with Gasteiger partial charge in [0.15, 0.2) is 6.61 Å². The van der Waals surface area contributed by atoms with E-state index < -0.39 is 24.5 Å². The summed E-state index contributed by atoms with van der Waals surface area (Å²) in [7, 11) is 0. The Labute approximate surface area is 204 Å². The van der Waals surface area contributed by atoms with Gasteiger partial charge >= 0.3 is 5.97 Å². The van der Waals surface area contributed by atoms with Crippen molar-refractivity contribution in [3.8, 4) is 0 Å². The SMILES string of the molecule is C[C@@H](NC(=O)COC(=O)[C@H](CSCc1ccccc1)NC(=O)c1ccccc1)c1ccccc1. The van der Waals surface area contributed by atoms with Crippen molar-refractivity contribution < 1.29 is 19.1 Å². The van der Waals surface area contributed by atoms with Crippen molar-refractivity contribution in [1.82, 2.24) is 10.6 Å². The molecule has 0 aromatic heterocycles. The third-order valence-corrected chi connectivity index (χ3v) is 6.15. The second kappa shape index (κ2) is 13.2. The van der Waals surface area contributed by atoms with Crippen molar-refractivity contribution in [1.29, 1.82) is 0 Å². The van der Waals surface area contributed by atoms with Crippen LogP contribution in [0.25, 0.3) is 0 Å². The molecule has 0 aliphatic carbocycles. The van der Waals surface area contributed by atoms with Crippen LogP contribution >= 0.6 is 11.8 Å². The van der Waals surface area contributed by atoms with Gasteiger partial charge in [-0.05, 0) is 30.2 Å². The predicted molar refractivity (Wildman–Crippen MR) is 134 cm³/mol. The van der Waals surface area contributed by atoms with Crippen LogP contribution in [0.1, 0.15) is 34.5 Å². The molecule has 0 aliphatic rings. The van der Waals surface area contributed by atoms with Gasteiger partial charge < -0.3 is 15.4 Å². The number of hydrogen-bond donors (Lipinski definition) is 2. The van der Waals surface area contributed by atoms with E-state index in [0.29, 0.717) is 17.1 Å². The first-order chi connectivity index (χ1) is 16.5. The summed E-state index contributed by atoms with van der Waals surface area (Å²) in [5.74, 6) is -0.429. The van der Waals surface area contributed by atoms with Crippen LogP contribution in [0.3, 0.4) is 0 Å². The van der Waals surface area contributed by atoms with Gasteiger partial charge in [0, 0.05) is 17.1 Å². The molecule has 3 aromatic carbocycles. The average Bonchev–Trinajstić information content (AvgIpc) is 2.88. The highest BCUT2D eigenvalue weighted by atomic mass is 32.2. The lowest BCUT2D eigenvalue weighted by molar-refractivity contribution is -0.150. The van der Waals surface area contributed by atoms with E-state index in [-0.39, 0.29) is 11.9 Å². The fourth-order valence-corrected chi connectivity index (χ4v) is 4.22. The predicted octanol–water partition coefficient (Wildman–Crippen LogP) is 4.14. The first-order valence-corrected chi connectivity index (χ1v) is 12.2. The summed E-state index contributed by atoms with van der Waals surface area (Å²) in [5, 5.41) is 5.56. The van der Waals surface area contributed by atoms with Gasteiger partial charge in [-0.15, -0.1) is 0 Å². The van der Waals surface area contributed by atoms with Crippen molar-refractivity contribution in [2.45, 2.75) is 24.8 Å². The molecule has 0 saturated carbocycles. The summed E-state index contributed by atoms with van der Waals surface area (Å²) in [5.41, 5.74) is 2.51. The highest BCUT2D eigenvalue weighted by Gasteiger charge is 2.24. The van der Waals surface area contributed by atoms with Crippen LogP contribution < -0.4 is 10.6 Å². The number of rotatable bonds is 11. The smallest absolute Gasteiger partial charge is 0.330 e. The number of esters is 1. The van der Waals surface area contributed by atoms with E-state index in [2.05, 4.69) is 10.6 Å². The fraction of sp³-hybridized carbons (Fsp3) is 0.222. The fourth-order valence-electron chi connectivity index (χ4n) is 3.21. The quantitative estimate of drug-likeness (QED) is 0.407. The van der Waals surface area contributed by atoms with Gasteiger partial charge in [-0.2, -0.15) is 11.8 Å². The highest BCUT2D eigenvalue weighted by molar-refractivity contribution is 7.98. The summed E-state index contributed by atoms with van der Waals surface area (Å²) < 4.78 is 5.26. The highest BCUT2D eigenvalue weighted by Crippen LogP contribution is 2.14. The van der Waals surface area contributed by atoms with E-state index >= 15 is 0 Å². The van der Waals surface area contributed by atoms with Gasteiger partial charge in [-0.25, -0.2) is 4.79 Å². The van der Waals surface area contributed by atoms with Gasteiger partial charge in [0.1, 0.15) is 6.04 Å². The third kappa shape index (κ3) is 8.08. The van der Waals surface area contributed by atoms with Crippen LogP contribution in [0.2, 0.25) is 0 Å². The lowest BCUT2D eigenvalue weighted by atomic mass is 10.1. The maximum absolute atomic E-state index is 12.8. The molecule has 0 spiro atoms. The van der Waals surface area contributed by atoms with Crippen LogP contribution in [0.5, 0.6) is 0 Å². The summed E-state index contributed by atoms with van der Waals surface area (Å²) in [6.45, 7) is 1.44. The molecule has 3 rings (SSSR count). The van der Waals surface area contributed by atoms with Crippen molar-refractivity contribution in [3.63, 3.8) is 0 Å². The number of thioether (sulfide) groups is 1. The van der Waals surface area contributed by atoms with Crippen molar-refractivity contribution in [2.75, 3.05) is 12.4 Å². The Morgan fingerprint density at radius 2 is 1.41 bits per heavy atom. The Balaban J connectivity index is 1.56. The minimum absolute atomic E-state index is 0.220. The van der Waals surface area contributed by atoms with Crippen LogP contribution in [-0.2, 0) is 20.1 Å². The molecule has 0 saturated heterocycles. The topological polar surface area (TPSA) is 84.5 Å². The summed E-state index contributed by atoms with van der Waals surface area (Å²) in [4.78, 5) is 37.7. The van der Waals surface area contributed by atoms with Crippen molar-refractivity contribution in [3.05, 3.63) is 108 Å². The van der Waals surface area contributed by atoms with Crippen LogP contribution in [0.4, 0.5) is 0 Å². The van der Waals surface area contributed by atoms with Crippen LogP contribution in [0, 0.1) is 0 Å². The molecule has 34 heavy (non-hydrogen) atoms. The normalized spacial score (nSPS) is 12.3. The zero-order valence-corrected chi connectivity index (χ0v) is 19.8. The first kappa shape index (κ1) is 25.1. The average molecular weight is 477 g/mol. The molecular formula is C27H28N2O4S. The lowest BCUT2D eigenvalue weighted by Gasteiger charge is -2.18. The van der Waals surface area contributed by atoms with Crippen molar-refractivity contribution in [2.24, 2.45) is 0 Å². The molecule has 176 valence electrons. The van der Waals surface area contributed by atoms with E-state index in [0.717, 1.165) is 11.1 Å². The molecule has 3 aromatic rings. The molecule has 6 nitrogen and oxygen atoms in total. The van der Waals surface area contributed by atoms with E-state index in [9.17, 15) is 14.4 Å². The summed E-state index contributed by atoms with van der Waals surface area (Å²) in [6.07, 6.45) is 0. The first-order valence-electron chi connectivity index (χ1n) is 11.0.